The van der Waals surface area contributed by atoms with Crippen LogP contribution in [0.3, 0.4) is 0 Å². The number of rotatable bonds is 5. The van der Waals surface area contributed by atoms with Crippen LogP contribution < -0.4 is 19.7 Å². The van der Waals surface area contributed by atoms with Gasteiger partial charge in [-0.1, -0.05) is 25.1 Å². The molecule has 0 aliphatic carbocycles. The number of hydrogen-bond donors (Lipinski definition) is 1. The van der Waals surface area contributed by atoms with Gasteiger partial charge in [0.2, 0.25) is 0 Å². The Morgan fingerprint density at radius 3 is 2.62 bits per heavy atom. The molecular weight excluding hydrogens is 348 g/mol. The summed E-state index contributed by atoms with van der Waals surface area (Å²) in [6, 6.07) is 13.2. The van der Waals surface area contributed by atoms with Gasteiger partial charge in [0.05, 0.1) is 19.9 Å². The van der Waals surface area contributed by atoms with E-state index in [-0.39, 0.29) is 5.91 Å². The smallest absolute Gasteiger partial charge is 0.281 e. The van der Waals surface area contributed by atoms with Gasteiger partial charge in [0.25, 0.3) is 5.91 Å². The first-order chi connectivity index (χ1) is 12.6. The second kappa shape index (κ2) is 7.58. The summed E-state index contributed by atoms with van der Waals surface area (Å²) >= 11 is 5.40. The lowest BCUT2D eigenvalue weighted by Gasteiger charge is -2.17. The van der Waals surface area contributed by atoms with E-state index in [0.29, 0.717) is 22.3 Å². The number of anilines is 1. The van der Waals surface area contributed by atoms with Gasteiger partial charge in [-0.2, -0.15) is 0 Å². The van der Waals surface area contributed by atoms with E-state index in [0.717, 1.165) is 23.2 Å². The lowest BCUT2D eigenvalue weighted by molar-refractivity contribution is -0.113. The molecule has 1 fully saturated rings. The number of aryl methyl sites for hydroxylation is 1. The molecule has 26 heavy (non-hydrogen) atoms. The molecule has 0 atom stereocenters. The third-order valence-electron chi connectivity index (χ3n) is 4.23. The summed E-state index contributed by atoms with van der Waals surface area (Å²) in [4.78, 5) is 14.5. The first kappa shape index (κ1) is 17.9. The highest BCUT2D eigenvalue weighted by Gasteiger charge is 2.33. The van der Waals surface area contributed by atoms with Gasteiger partial charge in [0.15, 0.2) is 5.11 Å². The summed E-state index contributed by atoms with van der Waals surface area (Å²) in [6.07, 6.45) is 2.55. The normalized spacial score (nSPS) is 15.3. The van der Waals surface area contributed by atoms with Gasteiger partial charge in [-0.25, -0.2) is 0 Å². The molecule has 2 aromatic carbocycles. The zero-order valence-corrected chi connectivity index (χ0v) is 15.7. The second-order valence-electron chi connectivity index (χ2n) is 5.72. The molecule has 1 heterocycles. The van der Waals surface area contributed by atoms with Crippen molar-refractivity contribution in [2.45, 2.75) is 13.3 Å². The maximum absolute atomic E-state index is 13.0. The van der Waals surface area contributed by atoms with Gasteiger partial charge in [-0.15, -0.1) is 0 Å². The van der Waals surface area contributed by atoms with E-state index >= 15 is 0 Å². The SMILES string of the molecule is CCc1ccccc1N1C(=O)/C(=C\c2ccc(OC)cc2OC)NC1=S. The van der Waals surface area contributed by atoms with Crippen molar-refractivity contribution in [3.63, 3.8) is 0 Å². The van der Waals surface area contributed by atoms with Crippen molar-refractivity contribution in [3.8, 4) is 11.5 Å². The minimum absolute atomic E-state index is 0.186. The van der Waals surface area contributed by atoms with Gasteiger partial charge < -0.3 is 14.8 Å². The number of para-hydroxylation sites is 1. The van der Waals surface area contributed by atoms with Crippen molar-refractivity contribution in [1.29, 1.82) is 0 Å². The Morgan fingerprint density at radius 1 is 1.15 bits per heavy atom. The van der Waals surface area contributed by atoms with E-state index < -0.39 is 0 Å². The van der Waals surface area contributed by atoms with E-state index in [1.165, 1.54) is 4.90 Å². The number of hydrogen-bond acceptors (Lipinski definition) is 4. The van der Waals surface area contributed by atoms with Crippen LogP contribution in [0.15, 0.2) is 48.2 Å². The van der Waals surface area contributed by atoms with Crippen LogP contribution in [0.4, 0.5) is 5.69 Å². The standard InChI is InChI=1S/C20H20N2O3S/c1-4-13-7-5-6-8-17(13)22-19(23)16(21-20(22)26)11-14-9-10-15(24-2)12-18(14)25-3/h5-12H,4H2,1-3H3,(H,21,26)/b16-11+. The Hall–Kier alpha value is -2.86. The van der Waals surface area contributed by atoms with Crippen LogP contribution in [0.5, 0.6) is 11.5 Å². The van der Waals surface area contributed by atoms with Crippen molar-refractivity contribution in [1.82, 2.24) is 5.32 Å². The third-order valence-corrected chi connectivity index (χ3v) is 4.52. The quantitative estimate of drug-likeness (QED) is 0.646. The van der Waals surface area contributed by atoms with Crippen molar-refractivity contribution < 1.29 is 14.3 Å². The molecule has 0 saturated carbocycles. The topological polar surface area (TPSA) is 50.8 Å². The molecule has 0 bridgehead atoms. The number of thiocarbonyl (C=S) groups is 1. The molecule has 1 saturated heterocycles. The predicted octanol–water partition coefficient (Wildman–Crippen LogP) is 3.53. The van der Waals surface area contributed by atoms with E-state index in [1.54, 1.807) is 26.4 Å². The molecule has 0 unspecified atom stereocenters. The average molecular weight is 368 g/mol. The van der Waals surface area contributed by atoms with Crippen LogP contribution in [-0.2, 0) is 11.2 Å². The van der Waals surface area contributed by atoms with E-state index in [9.17, 15) is 4.79 Å². The maximum Gasteiger partial charge on any atom is 0.281 e. The maximum atomic E-state index is 13.0. The van der Waals surface area contributed by atoms with Crippen molar-refractivity contribution in [2.75, 3.05) is 19.1 Å². The van der Waals surface area contributed by atoms with Crippen LogP contribution in [-0.4, -0.2) is 25.2 Å². The minimum Gasteiger partial charge on any atom is -0.497 e. The summed E-state index contributed by atoms with van der Waals surface area (Å²) < 4.78 is 10.6. The molecular formula is C20H20N2O3S. The van der Waals surface area contributed by atoms with Crippen LogP contribution in [0, 0.1) is 0 Å². The van der Waals surface area contributed by atoms with E-state index in [2.05, 4.69) is 12.2 Å². The molecule has 1 aliphatic rings. The number of carbonyl (C=O) groups excluding carboxylic acids is 1. The largest absolute Gasteiger partial charge is 0.497 e. The van der Waals surface area contributed by atoms with Crippen molar-refractivity contribution in [3.05, 3.63) is 59.3 Å². The molecule has 1 amide bonds. The Morgan fingerprint density at radius 2 is 1.92 bits per heavy atom. The summed E-state index contributed by atoms with van der Waals surface area (Å²) in [5.74, 6) is 1.11. The van der Waals surface area contributed by atoms with Gasteiger partial charge in [-0.05, 0) is 48.5 Å². The Labute approximate surface area is 158 Å². The first-order valence-electron chi connectivity index (χ1n) is 8.26. The summed E-state index contributed by atoms with van der Waals surface area (Å²) in [5, 5.41) is 3.38. The monoisotopic (exact) mass is 368 g/mol. The first-order valence-corrected chi connectivity index (χ1v) is 8.67. The zero-order valence-electron chi connectivity index (χ0n) is 14.9. The Bertz CT molecular complexity index is 892. The number of nitrogens with one attached hydrogen (secondary N) is 1. The van der Waals surface area contributed by atoms with Crippen LogP contribution in [0.25, 0.3) is 6.08 Å². The fraction of sp³-hybridized carbons (Fsp3) is 0.200. The van der Waals surface area contributed by atoms with Gasteiger partial charge >= 0.3 is 0 Å². The van der Waals surface area contributed by atoms with Crippen molar-refractivity contribution >= 4 is 35.0 Å². The number of benzene rings is 2. The summed E-state index contributed by atoms with van der Waals surface area (Å²) in [7, 11) is 3.17. The summed E-state index contributed by atoms with van der Waals surface area (Å²) in [6.45, 7) is 2.05. The molecule has 5 nitrogen and oxygen atoms in total. The molecule has 134 valence electrons. The Balaban J connectivity index is 1.98. The van der Waals surface area contributed by atoms with E-state index in [1.807, 2.05) is 36.4 Å². The number of ether oxygens (including phenoxy) is 2. The molecule has 1 N–H and O–H groups in total. The minimum atomic E-state index is -0.186. The van der Waals surface area contributed by atoms with Gasteiger partial charge in [0, 0.05) is 11.6 Å². The number of nitrogens with zero attached hydrogens (tertiary/aromatic N) is 1. The Kier molecular flexibility index (Phi) is 5.23. The highest BCUT2D eigenvalue weighted by Crippen LogP contribution is 2.29. The number of amides is 1. The molecule has 0 radical (unpaired) electrons. The average Bonchev–Trinajstić information content (AvgIpc) is 2.95. The fourth-order valence-electron chi connectivity index (χ4n) is 2.88. The van der Waals surface area contributed by atoms with Crippen LogP contribution >= 0.6 is 12.2 Å². The molecule has 3 rings (SSSR count). The molecule has 1 aliphatic heterocycles. The highest BCUT2D eigenvalue weighted by atomic mass is 32.1. The predicted molar refractivity (Wildman–Crippen MR) is 107 cm³/mol. The highest BCUT2D eigenvalue weighted by molar-refractivity contribution is 7.80. The number of methoxy groups -OCH3 is 2. The molecule has 0 spiro atoms. The van der Waals surface area contributed by atoms with Gasteiger partial charge in [-0.3, -0.25) is 9.69 Å². The lowest BCUT2D eigenvalue weighted by Crippen LogP contribution is -2.31. The lowest BCUT2D eigenvalue weighted by atomic mass is 10.1. The third kappa shape index (κ3) is 3.28. The van der Waals surface area contributed by atoms with Crippen LogP contribution in [0.2, 0.25) is 0 Å². The summed E-state index contributed by atoms with van der Waals surface area (Å²) in [5.41, 5.74) is 3.04. The number of carbonyl (C=O) groups is 1. The van der Waals surface area contributed by atoms with Crippen molar-refractivity contribution in [2.24, 2.45) is 0 Å². The zero-order chi connectivity index (χ0) is 18.7. The van der Waals surface area contributed by atoms with E-state index in [4.69, 9.17) is 21.7 Å². The van der Waals surface area contributed by atoms with Crippen LogP contribution in [0.1, 0.15) is 18.1 Å². The molecule has 6 heteroatoms. The fourth-order valence-corrected chi connectivity index (χ4v) is 3.17. The second-order valence-corrected chi connectivity index (χ2v) is 6.11. The van der Waals surface area contributed by atoms with Gasteiger partial charge in [0.1, 0.15) is 17.2 Å². The molecule has 2 aromatic rings. The molecule has 0 aromatic heterocycles.